The lowest BCUT2D eigenvalue weighted by Crippen LogP contribution is -2.51. The molecule has 0 spiro atoms. The lowest BCUT2D eigenvalue weighted by molar-refractivity contribution is -0.139. The standard InChI is InChI=1S/C16H22BrNO/c1-16(2,13-8-4-3-5-9-13)15(19)18-11-7-6-10-14(18)12-17/h3-5,8-9,14H,6-7,10-12H2,1-2H3. The van der Waals surface area contributed by atoms with Crippen molar-refractivity contribution in [3.05, 3.63) is 35.9 Å². The molecule has 0 radical (unpaired) electrons. The molecule has 0 N–H and O–H groups in total. The third-order valence-electron chi connectivity index (χ3n) is 4.10. The van der Waals surface area contributed by atoms with E-state index in [9.17, 15) is 4.79 Å². The average Bonchev–Trinajstić information content (AvgIpc) is 2.47. The molecule has 1 fully saturated rings. The number of nitrogens with zero attached hydrogens (tertiary/aromatic N) is 1. The van der Waals surface area contributed by atoms with Crippen LogP contribution in [0, 0.1) is 0 Å². The van der Waals surface area contributed by atoms with Crippen molar-refractivity contribution >= 4 is 21.8 Å². The molecule has 1 aliphatic rings. The van der Waals surface area contributed by atoms with E-state index in [1.54, 1.807) is 0 Å². The molecule has 2 rings (SSSR count). The minimum absolute atomic E-state index is 0.253. The Kier molecular flexibility index (Phi) is 4.67. The molecule has 1 aliphatic heterocycles. The Morgan fingerprint density at radius 3 is 2.63 bits per heavy atom. The van der Waals surface area contributed by atoms with Crippen molar-refractivity contribution in [2.75, 3.05) is 11.9 Å². The molecule has 1 aromatic rings. The predicted octanol–water partition coefficient (Wildman–Crippen LogP) is 3.74. The van der Waals surface area contributed by atoms with Gasteiger partial charge in [0.1, 0.15) is 0 Å². The van der Waals surface area contributed by atoms with Crippen LogP contribution < -0.4 is 0 Å². The van der Waals surface area contributed by atoms with E-state index < -0.39 is 5.41 Å². The summed E-state index contributed by atoms with van der Waals surface area (Å²) in [5.41, 5.74) is 0.651. The van der Waals surface area contributed by atoms with Crippen molar-refractivity contribution < 1.29 is 4.79 Å². The minimum Gasteiger partial charge on any atom is -0.338 e. The Bertz CT molecular complexity index is 430. The van der Waals surface area contributed by atoms with Gasteiger partial charge in [0.25, 0.3) is 0 Å². The summed E-state index contributed by atoms with van der Waals surface area (Å²) < 4.78 is 0. The van der Waals surface area contributed by atoms with E-state index in [1.807, 2.05) is 44.2 Å². The predicted molar refractivity (Wildman–Crippen MR) is 82.6 cm³/mol. The lowest BCUT2D eigenvalue weighted by atomic mass is 9.82. The van der Waals surface area contributed by atoms with Crippen LogP contribution in [0.1, 0.15) is 38.7 Å². The maximum absolute atomic E-state index is 12.9. The van der Waals surface area contributed by atoms with Gasteiger partial charge >= 0.3 is 0 Å². The second-order valence-electron chi connectivity index (χ2n) is 5.79. The van der Waals surface area contributed by atoms with Crippen LogP contribution in [0.25, 0.3) is 0 Å². The van der Waals surface area contributed by atoms with Crippen LogP contribution in [0.15, 0.2) is 30.3 Å². The van der Waals surface area contributed by atoms with Gasteiger partial charge in [-0.15, -0.1) is 0 Å². The third-order valence-corrected chi connectivity index (χ3v) is 4.84. The van der Waals surface area contributed by atoms with Gasteiger partial charge in [-0.25, -0.2) is 0 Å². The molecule has 2 nitrogen and oxygen atoms in total. The van der Waals surface area contributed by atoms with Gasteiger partial charge in [-0.3, -0.25) is 4.79 Å². The van der Waals surface area contributed by atoms with Gasteiger partial charge in [-0.2, -0.15) is 0 Å². The zero-order valence-electron chi connectivity index (χ0n) is 11.7. The summed E-state index contributed by atoms with van der Waals surface area (Å²) in [6.07, 6.45) is 3.47. The van der Waals surface area contributed by atoms with E-state index >= 15 is 0 Å². The summed E-state index contributed by atoms with van der Waals surface area (Å²) in [7, 11) is 0. The lowest BCUT2D eigenvalue weighted by Gasteiger charge is -2.40. The van der Waals surface area contributed by atoms with E-state index in [4.69, 9.17) is 0 Å². The summed E-state index contributed by atoms with van der Waals surface area (Å²) in [6, 6.07) is 10.4. The summed E-state index contributed by atoms with van der Waals surface area (Å²) in [4.78, 5) is 15.0. The highest BCUT2D eigenvalue weighted by atomic mass is 79.9. The quantitative estimate of drug-likeness (QED) is 0.776. The van der Waals surface area contributed by atoms with Crippen LogP contribution in [0.5, 0.6) is 0 Å². The maximum Gasteiger partial charge on any atom is 0.232 e. The monoisotopic (exact) mass is 323 g/mol. The molecule has 0 saturated carbocycles. The van der Waals surface area contributed by atoms with Crippen LogP contribution in [0.2, 0.25) is 0 Å². The van der Waals surface area contributed by atoms with Gasteiger partial charge in [0.05, 0.1) is 5.41 Å². The number of amides is 1. The summed E-state index contributed by atoms with van der Waals surface area (Å²) in [6.45, 7) is 4.96. The van der Waals surface area contributed by atoms with Gasteiger partial charge in [0.2, 0.25) is 5.91 Å². The van der Waals surface area contributed by atoms with Gasteiger partial charge in [0.15, 0.2) is 0 Å². The van der Waals surface area contributed by atoms with E-state index in [2.05, 4.69) is 20.8 Å². The first-order valence-electron chi connectivity index (χ1n) is 7.00. The van der Waals surface area contributed by atoms with Gasteiger partial charge in [0, 0.05) is 17.9 Å². The van der Waals surface area contributed by atoms with Crippen molar-refractivity contribution in [3.63, 3.8) is 0 Å². The Balaban J connectivity index is 2.22. The maximum atomic E-state index is 12.9. The number of likely N-dealkylation sites (tertiary alicyclic amines) is 1. The van der Waals surface area contributed by atoms with Crippen molar-refractivity contribution in [2.24, 2.45) is 0 Å². The third kappa shape index (κ3) is 3.02. The minimum atomic E-state index is -0.445. The molecule has 0 aliphatic carbocycles. The Labute approximate surface area is 124 Å². The number of carbonyl (C=O) groups is 1. The van der Waals surface area contributed by atoms with Crippen molar-refractivity contribution in [1.82, 2.24) is 4.90 Å². The van der Waals surface area contributed by atoms with Crippen LogP contribution in [-0.2, 0) is 10.2 Å². The Morgan fingerprint density at radius 1 is 1.32 bits per heavy atom. The number of rotatable bonds is 3. The molecule has 104 valence electrons. The summed E-state index contributed by atoms with van der Waals surface area (Å²) >= 11 is 3.55. The molecule has 1 saturated heterocycles. The number of hydrogen-bond donors (Lipinski definition) is 0. The molecule has 1 unspecified atom stereocenters. The number of halogens is 1. The largest absolute Gasteiger partial charge is 0.338 e. The van der Waals surface area contributed by atoms with E-state index in [0.717, 1.165) is 30.3 Å². The highest BCUT2D eigenvalue weighted by Crippen LogP contribution is 2.29. The first kappa shape index (κ1) is 14.6. The average molecular weight is 324 g/mol. The molecule has 3 heteroatoms. The first-order chi connectivity index (χ1) is 9.07. The topological polar surface area (TPSA) is 20.3 Å². The van der Waals surface area contributed by atoms with Gasteiger partial charge in [-0.1, -0.05) is 46.3 Å². The fraction of sp³-hybridized carbons (Fsp3) is 0.562. The molecule has 1 heterocycles. The number of carbonyl (C=O) groups excluding carboxylic acids is 1. The van der Waals surface area contributed by atoms with Crippen molar-refractivity contribution in [2.45, 2.75) is 44.6 Å². The Morgan fingerprint density at radius 2 is 2.00 bits per heavy atom. The number of hydrogen-bond acceptors (Lipinski definition) is 1. The molecule has 19 heavy (non-hydrogen) atoms. The SMILES string of the molecule is CC(C)(C(=O)N1CCCCC1CBr)c1ccccc1. The van der Waals surface area contributed by atoms with Gasteiger partial charge < -0.3 is 4.90 Å². The number of alkyl halides is 1. The Hall–Kier alpha value is -0.830. The van der Waals surface area contributed by atoms with E-state index in [-0.39, 0.29) is 5.91 Å². The zero-order valence-corrected chi connectivity index (χ0v) is 13.3. The number of piperidine rings is 1. The van der Waals surface area contributed by atoms with Gasteiger partial charge in [-0.05, 0) is 38.7 Å². The molecule has 1 amide bonds. The number of benzene rings is 1. The highest BCUT2D eigenvalue weighted by Gasteiger charge is 2.37. The molecular weight excluding hydrogens is 302 g/mol. The second-order valence-corrected chi connectivity index (χ2v) is 6.44. The fourth-order valence-corrected chi connectivity index (χ4v) is 3.44. The first-order valence-corrected chi connectivity index (χ1v) is 8.12. The van der Waals surface area contributed by atoms with Crippen molar-refractivity contribution in [1.29, 1.82) is 0 Å². The van der Waals surface area contributed by atoms with E-state index in [1.165, 1.54) is 6.42 Å². The van der Waals surface area contributed by atoms with Crippen LogP contribution >= 0.6 is 15.9 Å². The van der Waals surface area contributed by atoms with Crippen LogP contribution in [0.3, 0.4) is 0 Å². The molecule has 0 bridgehead atoms. The summed E-state index contributed by atoms with van der Waals surface area (Å²) in [5.74, 6) is 0.253. The summed E-state index contributed by atoms with van der Waals surface area (Å²) in [5, 5.41) is 0.879. The molecule has 1 aromatic carbocycles. The fourth-order valence-electron chi connectivity index (χ4n) is 2.77. The second kappa shape index (κ2) is 6.08. The van der Waals surface area contributed by atoms with Crippen LogP contribution in [-0.4, -0.2) is 28.7 Å². The molecular formula is C16H22BrNO. The normalized spacial score (nSPS) is 20.4. The molecule has 1 atom stereocenters. The van der Waals surface area contributed by atoms with Crippen molar-refractivity contribution in [3.8, 4) is 0 Å². The highest BCUT2D eigenvalue weighted by molar-refractivity contribution is 9.09. The smallest absolute Gasteiger partial charge is 0.232 e. The zero-order chi connectivity index (χ0) is 13.9. The van der Waals surface area contributed by atoms with Crippen LogP contribution in [0.4, 0.5) is 0 Å². The van der Waals surface area contributed by atoms with E-state index in [0.29, 0.717) is 6.04 Å². The molecule has 0 aromatic heterocycles.